The Morgan fingerprint density at radius 1 is 1.15 bits per heavy atom. The number of nitrogens with zero attached hydrogens (tertiary/aromatic N) is 1. The number of esters is 1. The van der Waals surface area contributed by atoms with Crippen LogP contribution in [-0.4, -0.2) is 51.8 Å². The first-order valence-corrected chi connectivity index (χ1v) is 5.97. The summed E-state index contributed by atoms with van der Waals surface area (Å²) >= 11 is 0. The molecule has 1 amide bonds. The highest BCUT2D eigenvalue weighted by molar-refractivity contribution is 5.89. The van der Waals surface area contributed by atoms with Gasteiger partial charge in [0.15, 0.2) is 0 Å². The lowest BCUT2D eigenvalue weighted by molar-refractivity contribution is -0.141. The van der Waals surface area contributed by atoms with Crippen molar-refractivity contribution < 1.29 is 29.3 Å². The molecule has 0 aromatic heterocycles. The van der Waals surface area contributed by atoms with E-state index in [0.717, 1.165) is 4.90 Å². The van der Waals surface area contributed by atoms with E-state index in [1.807, 2.05) is 0 Å². The second-order valence-electron chi connectivity index (χ2n) is 4.42. The Hall–Kier alpha value is -2.57. The van der Waals surface area contributed by atoms with Crippen molar-refractivity contribution in [3.8, 4) is 0 Å². The monoisotopic (exact) mass is 279 g/mol. The van der Waals surface area contributed by atoms with Gasteiger partial charge in [0.1, 0.15) is 12.1 Å². The Morgan fingerprint density at radius 2 is 1.80 bits per heavy atom. The first-order chi connectivity index (χ1) is 9.49. The van der Waals surface area contributed by atoms with Gasteiger partial charge in [0.05, 0.1) is 12.1 Å². The molecular formula is C13H13NO6. The number of rotatable bonds is 3. The number of benzene rings is 1. The van der Waals surface area contributed by atoms with Crippen LogP contribution in [0.25, 0.3) is 0 Å². The highest BCUT2D eigenvalue weighted by Gasteiger charge is 2.41. The van der Waals surface area contributed by atoms with Gasteiger partial charge in [0.2, 0.25) is 0 Å². The Bertz CT molecular complexity index is 507. The van der Waals surface area contributed by atoms with Crippen LogP contribution in [0.5, 0.6) is 0 Å². The highest BCUT2D eigenvalue weighted by atomic mass is 16.5. The molecule has 1 heterocycles. The fourth-order valence-electron chi connectivity index (χ4n) is 2.12. The molecule has 1 aliphatic heterocycles. The van der Waals surface area contributed by atoms with Gasteiger partial charge in [-0.15, -0.1) is 0 Å². The summed E-state index contributed by atoms with van der Waals surface area (Å²) in [5.74, 6) is -1.84. The van der Waals surface area contributed by atoms with E-state index in [2.05, 4.69) is 0 Å². The molecular weight excluding hydrogens is 266 g/mol. The number of carboxylic acid groups (broad SMARTS) is 2. The molecule has 20 heavy (non-hydrogen) atoms. The van der Waals surface area contributed by atoms with Crippen LogP contribution < -0.4 is 0 Å². The van der Waals surface area contributed by atoms with Gasteiger partial charge in [-0.1, -0.05) is 18.2 Å². The zero-order valence-electron chi connectivity index (χ0n) is 10.4. The largest absolute Gasteiger partial charge is 0.480 e. The molecule has 7 nitrogen and oxygen atoms in total. The zero-order valence-corrected chi connectivity index (χ0v) is 10.4. The Balaban J connectivity index is 2.03. The Morgan fingerprint density at radius 3 is 2.30 bits per heavy atom. The van der Waals surface area contributed by atoms with E-state index >= 15 is 0 Å². The van der Waals surface area contributed by atoms with Crippen LogP contribution in [-0.2, 0) is 9.53 Å². The second-order valence-corrected chi connectivity index (χ2v) is 4.42. The van der Waals surface area contributed by atoms with Gasteiger partial charge in [-0.05, 0) is 12.1 Å². The van der Waals surface area contributed by atoms with Crippen LogP contribution in [0.1, 0.15) is 16.8 Å². The van der Waals surface area contributed by atoms with Crippen LogP contribution in [0, 0.1) is 0 Å². The molecule has 2 atom stereocenters. The van der Waals surface area contributed by atoms with Gasteiger partial charge in [-0.3, -0.25) is 4.90 Å². The molecule has 1 aromatic carbocycles. The van der Waals surface area contributed by atoms with E-state index in [1.54, 1.807) is 30.3 Å². The molecule has 1 saturated heterocycles. The van der Waals surface area contributed by atoms with E-state index in [9.17, 15) is 14.4 Å². The van der Waals surface area contributed by atoms with E-state index in [1.165, 1.54) is 0 Å². The molecule has 1 aromatic rings. The number of carbonyl (C=O) groups excluding carboxylic acids is 1. The summed E-state index contributed by atoms with van der Waals surface area (Å²) in [7, 11) is 0. The number of hydrogen-bond donors (Lipinski definition) is 2. The van der Waals surface area contributed by atoms with E-state index < -0.39 is 30.2 Å². The lowest BCUT2D eigenvalue weighted by Gasteiger charge is -2.16. The fourth-order valence-corrected chi connectivity index (χ4v) is 2.12. The summed E-state index contributed by atoms with van der Waals surface area (Å²) in [5, 5.41) is 17.9. The van der Waals surface area contributed by atoms with Crippen LogP contribution in [0.4, 0.5) is 4.79 Å². The van der Waals surface area contributed by atoms with Crippen LogP contribution >= 0.6 is 0 Å². The standard InChI is InChI=1S/C13H13NO6/c15-11(16)10-6-9(7-14(10)13(18)19)20-12(17)8-4-2-1-3-5-8/h1-5,9-10H,6-7H2,(H,15,16)(H,18,19)/t9-,10+/m1/s1. The molecule has 1 fully saturated rings. The number of amides is 1. The van der Waals surface area contributed by atoms with Gasteiger partial charge < -0.3 is 14.9 Å². The second kappa shape index (κ2) is 5.60. The van der Waals surface area contributed by atoms with Gasteiger partial charge in [0.25, 0.3) is 0 Å². The number of likely N-dealkylation sites (tertiary alicyclic amines) is 1. The molecule has 0 radical (unpaired) electrons. The molecule has 2 rings (SSSR count). The summed E-state index contributed by atoms with van der Waals surface area (Å²) in [6, 6.07) is 7.06. The zero-order chi connectivity index (χ0) is 14.7. The maximum absolute atomic E-state index is 11.8. The van der Waals surface area contributed by atoms with Gasteiger partial charge in [-0.2, -0.15) is 0 Å². The number of hydrogen-bond acceptors (Lipinski definition) is 4. The predicted octanol–water partition coefficient (Wildman–Crippen LogP) is 1.05. The van der Waals surface area contributed by atoms with Crippen LogP contribution in [0.15, 0.2) is 30.3 Å². The quantitative estimate of drug-likeness (QED) is 0.801. The van der Waals surface area contributed by atoms with E-state index in [0.29, 0.717) is 5.56 Å². The molecule has 106 valence electrons. The molecule has 0 aliphatic carbocycles. The van der Waals surface area contributed by atoms with Gasteiger partial charge in [0, 0.05) is 6.42 Å². The third-order valence-corrected chi connectivity index (χ3v) is 3.08. The lowest BCUT2D eigenvalue weighted by Crippen LogP contribution is -2.39. The van der Waals surface area contributed by atoms with Crippen molar-refractivity contribution in [1.29, 1.82) is 0 Å². The van der Waals surface area contributed by atoms with Crippen LogP contribution in [0.2, 0.25) is 0 Å². The summed E-state index contributed by atoms with van der Waals surface area (Å²) in [4.78, 5) is 34.5. The first-order valence-electron chi connectivity index (χ1n) is 5.97. The van der Waals surface area contributed by atoms with Crippen molar-refractivity contribution in [3.63, 3.8) is 0 Å². The van der Waals surface area contributed by atoms with Crippen molar-refractivity contribution in [2.75, 3.05) is 6.54 Å². The van der Waals surface area contributed by atoms with Gasteiger partial charge >= 0.3 is 18.0 Å². The minimum Gasteiger partial charge on any atom is -0.480 e. The number of aliphatic carboxylic acids is 1. The number of ether oxygens (including phenoxy) is 1. The third-order valence-electron chi connectivity index (χ3n) is 3.08. The summed E-state index contributed by atoms with van der Waals surface area (Å²) in [6.45, 7) is -0.134. The summed E-state index contributed by atoms with van der Waals surface area (Å²) in [6.07, 6.45) is -2.13. The molecule has 1 aliphatic rings. The van der Waals surface area contributed by atoms with Crippen molar-refractivity contribution in [3.05, 3.63) is 35.9 Å². The summed E-state index contributed by atoms with van der Waals surface area (Å²) < 4.78 is 5.15. The third kappa shape index (κ3) is 2.87. The molecule has 0 unspecified atom stereocenters. The van der Waals surface area contributed by atoms with Gasteiger partial charge in [-0.25, -0.2) is 14.4 Å². The average Bonchev–Trinajstić information content (AvgIpc) is 2.84. The lowest BCUT2D eigenvalue weighted by atomic mass is 10.2. The summed E-state index contributed by atoms with van der Waals surface area (Å²) in [5.41, 5.74) is 0.341. The average molecular weight is 279 g/mol. The van der Waals surface area contributed by atoms with Crippen molar-refractivity contribution in [1.82, 2.24) is 4.90 Å². The van der Waals surface area contributed by atoms with E-state index in [-0.39, 0.29) is 13.0 Å². The Kier molecular flexibility index (Phi) is 3.88. The van der Waals surface area contributed by atoms with Crippen molar-refractivity contribution >= 4 is 18.0 Å². The Labute approximate surface area is 114 Å². The van der Waals surface area contributed by atoms with Crippen molar-refractivity contribution in [2.24, 2.45) is 0 Å². The topological polar surface area (TPSA) is 104 Å². The van der Waals surface area contributed by atoms with Crippen LogP contribution in [0.3, 0.4) is 0 Å². The smallest absolute Gasteiger partial charge is 0.408 e. The molecule has 0 bridgehead atoms. The first kappa shape index (κ1) is 13.9. The number of carbonyl (C=O) groups is 3. The number of carboxylic acids is 1. The minimum absolute atomic E-state index is 0.0415. The molecule has 7 heteroatoms. The minimum atomic E-state index is -1.34. The SMILES string of the molecule is O=C(O[C@@H]1C[C@@H](C(=O)O)N(C(=O)O)C1)c1ccccc1. The maximum Gasteiger partial charge on any atom is 0.408 e. The highest BCUT2D eigenvalue weighted by Crippen LogP contribution is 2.21. The van der Waals surface area contributed by atoms with Crippen molar-refractivity contribution in [2.45, 2.75) is 18.6 Å². The fraction of sp³-hybridized carbons (Fsp3) is 0.308. The predicted molar refractivity (Wildman–Crippen MR) is 66.4 cm³/mol. The maximum atomic E-state index is 11.8. The molecule has 2 N–H and O–H groups in total. The normalized spacial score (nSPS) is 21.5. The molecule has 0 spiro atoms. The van der Waals surface area contributed by atoms with E-state index in [4.69, 9.17) is 14.9 Å². The molecule has 0 saturated carbocycles.